The summed E-state index contributed by atoms with van der Waals surface area (Å²) in [5.41, 5.74) is 1.19. The van der Waals surface area contributed by atoms with Gasteiger partial charge in [0.25, 0.3) is 0 Å². The summed E-state index contributed by atoms with van der Waals surface area (Å²) in [6, 6.07) is 5.17. The van der Waals surface area contributed by atoms with Crippen molar-refractivity contribution in [3.63, 3.8) is 0 Å². The molecule has 3 rings (SSSR count). The number of carbonyl (C=O) groups excluding carboxylic acids is 2. The number of hydrogen-bond donors (Lipinski definition) is 1. The smallest absolute Gasteiger partial charge is 0.337 e. The number of allylic oxidation sites excluding steroid dienone is 1. The third-order valence-corrected chi connectivity index (χ3v) is 6.82. The molecule has 140 valence electrons. The highest BCUT2D eigenvalue weighted by atomic mass is 35.5. The van der Waals surface area contributed by atoms with Crippen molar-refractivity contribution >= 4 is 33.4 Å². The van der Waals surface area contributed by atoms with Gasteiger partial charge >= 0.3 is 12.0 Å². The van der Waals surface area contributed by atoms with E-state index in [1.54, 1.807) is 31.2 Å². The molecule has 2 atom stereocenters. The van der Waals surface area contributed by atoms with E-state index in [1.165, 1.54) is 12.0 Å². The van der Waals surface area contributed by atoms with Crippen LogP contribution in [0.3, 0.4) is 0 Å². The van der Waals surface area contributed by atoms with Crippen LogP contribution in [0.15, 0.2) is 35.5 Å². The Bertz CT molecular complexity index is 896. The average molecular weight is 399 g/mol. The van der Waals surface area contributed by atoms with Gasteiger partial charge in [0.15, 0.2) is 9.84 Å². The average Bonchev–Trinajstić information content (AvgIpc) is 2.93. The number of benzene rings is 1. The van der Waals surface area contributed by atoms with Gasteiger partial charge in [-0.15, -0.1) is 0 Å². The van der Waals surface area contributed by atoms with E-state index in [0.29, 0.717) is 22.7 Å². The van der Waals surface area contributed by atoms with Crippen molar-refractivity contribution in [3.8, 4) is 0 Å². The number of rotatable bonds is 3. The number of halogens is 1. The second-order valence-corrected chi connectivity index (χ2v) is 8.96. The first kappa shape index (κ1) is 18.7. The van der Waals surface area contributed by atoms with Gasteiger partial charge in [-0.2, -0.15) is 0 Å². The normalized spacial score (nSPS) is 25.2. The van der Waals surface area contributed by atoms with Crippen molar-refractivity contribution in [2.45, 2.75) is 25.4 Å². The van der Waals surface area contributed by atoms with Crippen molar-refractivity contribution in [1.82, 2.24) is 10.2 Å². The maximum Gasteiger partial charge on any atom is 0.337 e. The molecule has 9 heteroatoms. The van der Waals surface area contributed by atoms with Crippen LogP contribution in [0.25, 0.3) is 0 Å². The van der Waals surface area contributed by atoms with Gasteiger partial charge in [0, 0.05) is 10.7 Å². The lowest BCUT2D eigenvalue weighted by molar-refractivity contribution is -0.136. The predicted octanol–water partition coefficient (Wildman–Crippen LogP) is 2.04. The van der Waals surface area contributed by atoms with Gasteiger partial charge in [-0.05, 0) is 25.0 Å². The van der Waals surface area contributed by atoms with Crippen LogP contribution in [0, 0.1) is 0 Å². The highest BCUT2D eigenvalue weighted by molar-refractivity contribution is 7.91. The second-order valence-electron chi connectivity index (χ2n) is 6.32. The number of methoxy groups -OCH3 is 1. The zero-order chi connectivity index (χ0) is 19.1. The molecule has 2 heterocycles. The number of sulfone groups is 1. The summed E-state index contributed by atoms with van der Waals surface area (Å²) in [6.07, 6.45) is 0.332. The number of hydrogen-bond acceptors (Lipinski definition) is 5. The molecule has 2 aliphatic rings. The monoisotopic (exact) mass is 398 g/mol. The summed E-state index contributed by atoms with van der Waals surface area (Å²) >= 11 is 6.25. The molecular weight excluding hydrogens is 380 g/mol. The van der Waals surface area contributed by atoms with E-state index in [2.05, 4.69) is 5.32 Å². The highest BCUT2D eigenvalue weighted by Crippen LogP contribution is 2.36. The lowest BCUT2D eigenvalue weighted by atomic mass is 9.94. The summed E-state index contributed by atoms with van der Waals surface area (Å²) in [4.78, 5) is 26.5. The van der Waals surface area contributed by atoms with E-state index in [-0.39, 0.29) is 17.1 Å². The van der Waals surface area contributed by atoms with Gasteiger partial charge in [0.1, 0.15) is 0 Å². The fourth-order valence-electron chi connectivity index (χ4n) is 3.49. The van der Waals surface area contributed by atoms with Crippen LogP contribution in [0.2, 0.25) is 5.02 Å². The number of amides is 2. The lowest BCUT2D eigenvalue weighted by Gasteiger charge is -2.38. The Morgan fingerprint density at radius 2 is 2.04 bits per heavy atom. The first-order valence-electron chi connectivity index (χ1n) is 8.09. The van der Waals surface area contributed by atoms with E-state index in [4.69, 9.17) is 16.3 Å². The number of esters is 1. The van der Waals surface area contributed by atoms with Gasteiger partial charge in [0.05, 0.1) is 36.3 Å². The minimum absolute atomic E-state index is 0.0240. The molecule has 0 radical (unpaired) electrons. The summed E-state index contributed by atoms with van der Waals surface area (Å²) in [5.74, 6) is -0.697. The van der Waals surface area contributed by atoms with E-state index < -0.39 is 33.9 Å². The third kappa shape index (κ3) is 3.31. The Balaban J connectivity index is 2.09. The summed E-state index contributed by atoms with van der Waals surface area (Å²) in [6.45, 7) is 1.62. The SMILES string of the molecule is COC(=O)C1=C(C)N(C2CCS(=O)(=O)C2)C(=O)NC1c1ccccc1Cl. The van der Waals surface area contributed by atoms with E-state index in [9.17, 15) is 18.0 Å². The molecule has 2 unspecified atom stereocenters. The van der Waals surface area contributed by atoms with Gasteiger partial charge in [-0.1, -0.05) is 29.8 Å². The maximum absolute atomic E-state index is 12.7. The van der Waals surface area contributed by atoms with Crippen molar-refractivity contribution in [2.24, 2.45) is 0 Å². The topological polar surface area (TPSA) is 92.8 Å². The number of ether oxygens (including phenoxy) is 1. The van der Waals surface area contributed by atoms with Crippen LogP contribution in [-0.2, 0) is 19.4 Å². The summed E-state index contributed by atoms with van der Waals surface area (Å²) < 4.78 is 28.5. The van der Waals surface area contributed by atoms with Crippen LogP contribution >= 0.6 is 11.6 Å². The second kappa shape index (κ2) is 6.92. The number of nitrogens with one attached hydrogen (secondary N) is 1. The van der Waals surface area contributed by atoms with Crippen LogP contribution in [-0.4, -0.2) is 50.0 Å². The predicted molar refractivity (Wildman–Crippen MR) is 96.3 cm³/mol. The highest BCUT2D eigenvalue weighted by Gasteiger charge is 2.42. The van der Waals surface area contributed by atoms with Gasteiger partial charge in [-0.25, -0.2) is 18.0 Å². The summed E-state index contributed by atoms with van der Waals surface area (Å²) in [7, 11) is -1.93. The standard InChI is InChI=1S/C17H19ClN2O5S/c1-10-14(16(21)25-2)15(12-5-3-4-6-13(12)18)19-17(22)20(10)11-7-8-26(23,24)9-11/h3-6,11,15H,7-9H2,1-2H3,(H,19,22). The van der Waals surface area contributed by atoms with E-state index in [1.807, 2.05) is 0 Å². The van der Waals surface area contributed by atoms with Crippen LogP contribution in [0.1, 0.15) is 24.9 Å². The third-order valence-electron chi connectivity index (χ3n) is 4.72. The van der Waals surface area contributed by atoms with Crippen molar-refractivity contribution < 1.29 is 22.7 Å². The minimum atomic E-state index is -3.19. The molecule has 2 amide bonds. The zero-order valence-electron chi connectivity index (χ0n) is 14.4. The van der Waals surface area contributed by atoms with Gasteiger partial charge in [0.2, 0.25) is 0 Å². The minimum Gasteiger partial charge on any atom is -0.466 e. The number of nitrogens with zero attached hydrogens (tertiary/aromatic N) is 1. The molecule has 1 saturated heterocycles. The Labute approximate surface area is 156 Å². The largest absolute Gasteiger partial charge is 0.466 e. The molecular formula is C17H19ClN2O5S. The summed E-state index contributed by atoms with van der Waals surface area (Å²) in [5, 5.41) is 3.18. The Hall–Kier alpha value is -2.06. The number of urea groups is 1. The molecule has 1 N–H and O–H groups in total. The molecule has 1 fully saturated rings. The molecule has 2 aliphatic heterocycles. The Morgan fingerprint density at radius 3 is 2.62 bits per heavy atom. The maximum atomic E-state index is 12.7. The molecule has 1 aromatic carbocycles. The van der Waals surface area contributed by atoms with Gasteiger partial charge in [-0.3, -0.25) is 4.90 Å². The molecule has 0 saturated carbocycles. The quantitative estimate of drug-likeness (QED) is 0.786. The first-order chi connectivity index (χ1) is 12.2. The van der Waals surface area contributed by atoms with Crippen molar-refractivity contribution in [3.05, 3.63) is 46.1 Å². The van der Waals surface area contributed by atoms with E-state index in [0.717, 1.165) is 0 Å². The first-order valence-corrected chi connectivity index (χ1v) is 10.3. The van der Waals surface area contributed by atoms with Crippen LogP contribution in [0.5, 0.6) is 0 Å². The lowest BCUT2D eigenvalue weighted by Crippen LogP contribution is -2.52. The molecule has 1 aromatic rings. The molecule has 0 bridgehead atoms. The molecule has 26 heavy (non-hydrogen) atoms. The fraction of sp³-hybridized carbons (Fsp3) is 0.412. The van der Waals surface area contributed by atoms with Crippen LogP contribution in [0.4, 0.5) is 4.79 Å². The van der Waals surface area contributed by atoms with Crippen molar-refractivity contribution in [2.75, 3.05) is 18.6 Å². The fourth-order valence-corrected chi connectivity index (χ4v) is 5.44. The van der Waals surface area contributed by atoms with Crippen LogP contribution < -0.4 is 5.32 Å². The van der Waals surface area contributed by atoms with Gasteiger partial charge < -0.3 is 10.1 Å². The molecule has 0 spiro atoms. The Morgan fingerprint density at radius 1 is 1.35 bits per heavy atom. The van der Waals surface area contributed by atoms with E-state index >= 15 is 0 Å². The zero-order valence-corrected chi connectivity index (χ0v) is 15.9. The number of carbonyl (C=O) groups is 2. The van der Waals surface area contributed by atoms with Crippen molar-refractivity contribution in [1.29, 1.82) is 0 Å². The Kier molecular flexibility index (Phi) is 4.98. The molecule has 0 aliphatic carbocycles. The molecule has 7 nitrogen and oxygen atoms in total. The molecule has 0 aromatic heterocycles.